The highest BCUT2D eigenvalue weighted by Crippen LogP contribution is 2.40. The van der Waals surface area contributed by atoms with Gasteiger partial charge < -0.3 is 28.6 Å². The summed E-state index contributed by atoms with van der Waals surface area (Å²) in [5, 5.41) is 0. The van der Waals surface area contributed by atoms with E-state index in [9.17, 15) is 9.59 Å². The number of hydrogen-bond acceptors (Lipinski definition) is 8. The van der Waals surface area contributed by atoms with E-state index in [0.717, 1.165) is 12.8 Å². The van der Waals surface area contributed by atoms with Gasteiger partial charge in [-0.1, -0.05) is 6.07 Å². The van der Waals surface area contributed by atoms with Gasteiger partial charge >= 0.3 is 11.9 Å². The average molecular weight is 446 g/mol. The lowest BCUT2D eigenvalue weighted by Crippen LogP contribution is -2.32. The summed E-state index contributed by atoms with van der Waals surface area (Å²) in [5.41, 5.74) is 1.34. The van der Waals surface area contributed by atoms with Crippen LogP contribution >= 0.6 is 0 Å². The Balaban J connectivity index is 2.05. The minimum absolute atomic E-state index is 0.0319. The second-order valence-corrected chi connectivity index (χ2v) is 7.99. The van der Waals surface area contributed by atoms with Crippen LogP contribution in [0.3, 0.4) is 0 Å². The molecule has 1 saturated heterocycles. The lowest BCUT2D eigenvalue weighted by Gasteiger charge is -2.31. The van der Waals surface area contributed by atoms with Crippen LogP contribution < -0.4 is 9.47 Å². The predicted octanol–water partition coefficient (Wildman–Crippen LogP) is 3.17. The van der Waals surface area contributed by atoms with Crippen molar-refractivity contribution in [1.29, 1.82) is 0 Å². The van der Waals surface area contributed by atoms with Crippen molar-refractivity contribution in [3.05, 3.63) is 47.3 Å². The van der Waals surface area contributed by atoms with Crippen LogP contribution in [-0.2, 0) is 23.8 Å². The van der Waals surface area contributed by atoms with Crippen molar-refractivity contribution in [3.63, 3.8) is 0 Å². The molecule has 2 heterocycles. The fourth-order valence-corrected chi connectivity index (χ4v) is 3.99. The molecule has 0 saturated carbocycles. The normalized spacial score (nSPS) is 18.8. The largest absolute Gasteiger partial charge is 0.493 e. The monoisotopic (exact) mass is 445 g/mol. The van der Waals surface area contributed by atoms with Gasteiger partial charge in [-0.3, -0.25) is 0 Å². The summed E-state index contributed by atoms with van der Waals surface area (Å²) in [4.78, 5) is 27.4. The Morgan fingerprint density at radius 3 is 2.22 bits per heavy atom. The Labute approximate surface area is 188 Å². The van der Waals surface area contributed by atoms with Crippen LogP contribution in [0.5, 0.6) is 11.5 Å². The van der Waals surface area contributed by atoms with Crippen molar-refractivity contribution >= 4 is 11.9 Å². The van der Waals surface area contributed by atoms with Crippen molar-refractivity contribution in [3.8, 4) is 11.5 Å². The molecule has 3 rings (SSSR count). The summed E-state index contributed by atoms with van der Waals surface area (Å²) in [6.07, 6.45) is 5.35. The molecule has 0 N–H and O–H groups in total. The Kier molecular flexibility index (Phi) is 7.80. The zero-order chi connectivity index (χ0) is 23.3. The van der Waals surface area contributed by atoms with Gasteiger partial charge in [0, 0.05) is 25.6 Å². The van der Waals surface area contributed by atoms with Crippen molar-refractivity contribution in [2.75, 3.05) is 34.5 Å². The number of rotatable bonds is 8. The summed E-state index contributed by atoms with van der Waals surface area (Å²) in [5.74, 6) is -0.648. The van der Waals surface area contributed by atoms with Crippen molar-refractivity contribution < 1.29 is 33.3 Å². The van der Waals surface area contributed by atoms with E-state index in [4.69, 9.17) is 23.7 Å². The number of ether oxygens (including phenoxy) is 5. The first-order valence-corrected chi connectivity index (χ1v) is 10.7. The van der Waals surface area contributed by atoms with Crippen LogP contribution in [-0.4, -0.2) is 63.5 Å². The second-order valence-electron chi connectivity index (χ2n) is 7.99. The predicted molar refractivity (Wildman–Crippen MR) is 117 cm³/mol. The number of benzene rings is 1. The van der Waals surface area contributed by atoms with Gasteiger partial charge in [-0.15, -0.1) is 0 Å². The molecule has 1 aromatic rings. The third-order valence-electron chi connectivity index (χ3n) is 5.40. The second kappa shape index (κ2) is 10.5. The molecule has 2 aliphatic heterocycles. The molecule has 0 bridgehead atoms. The van der Waals surface area contributed by atoms with Gasteiger partial charge in [0.25, 0.3) is 0 Å². The summed E-state index contributed by atoms with van der Waals surface area (Å²) in [6, 6.07) is 5.36. The molecule has 32 heavy (non-hydrogen) atoms. The molecule has 1 aromatic carbocycles. The molecule has 1 fully saturated rings. The highest BCUT2D eigenvalue weighted by atomic mass is 16.5. The van der Waals surface area contributed by atoms with Gasteiger partial charge in [-0.2, -0.15) is 0 Å². The molecule has 1 atom stereocenters. The fourth-order valence-electron chi connectivity index (χ4n) is 3.99. The van der Waals surface area contributed by atoms with Gasteiger partial charge in [0.05, 0.1) is 50.6 Å². The molecule has 174 valence electrons. The minimum atomic E-state index is -0.683. The summed E-state index contributed by atoms with van der Waals surface area (Å²) in [6.45, 7) is 5.09. The molecule has 0 aromatic heterocycles. The first kappa shape index (κ1) is 23.7. The molecule has 0 spiro atoms. The summed E-state index contributed by atoms with van der Waals surface area (Å²) >= 11 is 0. The first-order valence-electron chi connectivity index (χ1n) is 10.7. The number of carbonyl (C=O) groups excluding carboxylic acids is 2. The third-order valence-corrected chi connectivity index (χ3v) is 5.40. The summed E-state index contributed by atoms with van der Waals surface area (Å²) in [7, 11) is 4.19. The number of hydrogen-bond donors (Lipinski definition) is 0. The minimum Gasteiger partial charge on any atom is -0.493 e. The van der Waals surface area contributed by atoms with Gasteiger partial charge in [-0.25, -0.2) is 9.59 Å². The standard InChI is InChI=1S/C24H31NO7/c1-15(2)32-20-9-8-16(11-21(20)28-3)22-18(23(26)29-4)13-25(12-17-7-6-10-31-17)14-19(22)24(27)30-5/h8-9,11,13-15,17,22H,6-7,10,12H2,1-5H3/t17-/m1/s1. The first-order chi connectivity index (χ1) is 15.4. The lowest BCUT2D eigenvalue weighted by atomic mass is 9.83. The molecular weight excluding hydrogens is 414 g/mol. The SMILES string of the molecule is COC(=O)C1=CN(C[C@H]2CCCO2)C=C(C(=O)OC)C1c1ccc(OC(C)C)c(OC)c1. The fraction of sp³-hybridized carbons (Fsp3) is 0.500. The Morgan fingerprint density at radius 1 is 1.06 bits per heavy atom. The van der Waals surface area contributed by atoms with Crippen LogP contribution in [0.2, 0.25) is 0 Å². The average Bonchev–Trinajstić information content (AvgIpc) is 3.30. The maximum Gasteiger partial charge on any atom is 0.336 e. The van der Waals surface area contributed by atoms with Crippen molar-refractivity contribution in [2.24, 2.45) is 0 Å². The topological polar surface area (TPSA) is 83.5 Å². The van der Waals surface area contributed by atoms with E-state index in [2.05, 4.69) is 0 Å². The van der Waals surface area contributed by atoms with Crippen LogP contribution in [0.15, 0.2) is 41.7 Å². The molecule has 8 heteroatoms. The van der Waals surface area contributed by atoms with Crippen molar-refractivity contribution in [2.45, 2.75) is 44.8 Å². The Bertz CT molecular complexity index is 866. The third kappa shape index (κ3) is 5.24. The lowest BCUT2D eigenvalue weighted by molar-refractivity contribution is -0.137. The molecule has 0 unspecified atom stereocenters. The quantitative estimate of drug-likeness (QED) is 0.564. The van der Waals surface area contributed by atoms with E-state index in [1.54, 1.807) is 36.5 Å². The molecular formula is C24H31NO7. The zero-order valence-electron chi connectivity index (χ0n) is 19.3. The smallest absolute Gasteiger partial charge is 0.336 e. The molecule has 2 aliphatic rings. The molecule has 8 nitrogen and oxygen atoms in total. The van der Waals surface area contributed by atoms with Gasteiger partial charge in [0.1, 0.15) is 0 Å². The van der Waals surface area contributed by atoms with E-state index >= 15 is 0 Å². The number of nitrogens with zero attached hydrogens (tertiary/aromatic N) is 1. The number of esters is 2. The molecule has 0 aliphatic carbocycles. The van der Waals surface area contributed by atoms with Gasteiger partial charge in [-0.05, 0) is 44.4 Å². The molecule has 0 amide bonds. The van der Waals surface area contributed by atoms with E-state index in [1.165, 1.54) is 14.2 Å². The highest BCUT2D eigenvalue weighted by Gasteiger charge is 2.36. The van der Waals surface area contributed by atoms with E-state index in [0.29, 0.717) is 41.4 Å². The van der Waals surface area contributed by atoms with E-state index < -0.39 is 17.9 Å². The van der Waals surface area contributed by atoms with Crippen LogP contribution in [0, 0.1) is 0 Å². The Hall–Kier alpha value is -3.00. The number of carbonyl (C=O) groups is 2. The van der Waals surface area contributed by atoms with Crippen LogP contribution in [0.25, 0.3) is 0 Å². The van der Waals surface area contributed by atoms with Gasteiger partial charge in [0.2, 0.25) is 0 Å². The maximum atomic E-state index is 12.8. The van der Waals surface area contributed by atoms with E-state index in [-0.39, 0.29) is 12.2 Å². The van der Waals surface area contributed by atoms with Gasteiger partial charge in [0.15, 0.2) is 11.5 Å². The highest BCUT2D eigenvalue weighted by molar-refractivity contribution is 5.98. The Morgan fingerprint density at radius 2 is 1.72 bits per heavy atom. The van der Waals surface area contributed by atoms with E-state index in [1.807, 2.05) is 19.9 Å². The van der Waals surface area contributed by atoms with Crippen LogP contribution in [0.1, 0.15) is 38.2 Å². The molecule has 0 radical (unpaired) electrons. The van der Waals surface area contributed by atoms with Crippen LogP contribution in [0.4, 0.5) is 0 Å². The zero-order valence-corrected chi connectivity index (χ0v) is 19.3. The maximum absolute atomic E-state index is 12.8. The summed E-state index contributed by atoms with van der Waals surface area (Å²) < 4.78 is 27.1. The number of methoxy groups -OCH3 is 3. The van der Waals surface area contributed by atoms with Crippen molar-refractivity contribution in [1.82, 2.24) is 4.90 Å².